The Balaban J connectivity index is 0.00000180. The SMILES string of the molecule is CN=C(NCC1(CCOC)CCC1)NC1CC1C.I. The van der Waals surface area contributed by atoms with Crippen molar-refractivity contribution in [3.05, 3.63) is 0 Å². The zero-order chi connectivity index (χ0) is 13.0. The lowest BCUT2D eigenvalue weighted by atomic mass is 9.67. The Bertz CT molecular complexity index is 305. The minimum absolute atomic E-state index is 0. The third-order valence-corrected chi connectivity index (χ3v) is 4.54. The summed E-state index contributed by atoms with van der Waals surface area (Å²) < 4.78 is 5.22. The maximum atomic E-state index is 5.22. The van der Waals surface area contributed by atoms with Crippen molar-refractivity contribution in [1.82, 2.24) is 10.6 Å². The second-order valence-corrected chi connectivity index (χ2v) is 5.99. The fourth-order valence-corrected chi connectivity index (χ4v) is 2.68. The summed E-state index contributed by atoms with van der Waals surface area (Å²) in [5.41, 5.74) is 0.447. The van der Waals surface area contributed by atoms with Crippen molar-refractivity contribution in [2.24, 2.45) is 16.3 Å². The molecule has 0 aromatic heterocycles. The molecule has 0 bridgehead atoms. The third-order valence-electron chi connectivity index (χ3n) is 4.54. The molecule has 5 heteroatoms. The molecular weight excluding hydrogens is 353 g/mol. The van der Waals surface area contributed by atoms with E-state index in [1.807, 2.05) is 7.05 Å². The van der Waals surface area contributed by atoms with Crippen LogP contribution in [0.1, 0.15) is 39.0 Å². The van der Waals surface area contributed by atoms with E-state index in [1.54, 1.807) is 7.11 Å². The van der Waals surface area contributed by atoms with E-state index in [0.717, 1.165) is 31.4 Å². The first-order valence-corrected chi connectivity index (χ1v) is 7.15. The zero-order valence-electron chi connectivity index (χ0n) is 12.4. The summed E-state index contributed by atoms with van der Waals surface area (Å²) in [5.74, 6) is 1.77. The molecule has 0 amide bonds. The lowest BCUT2D eigenvalue weighted by molar-refractivity contribution is 0.0732. The van der Waals surface area contributed by atoms with Crippen LogP contribution in [0.3, 0.4) is 0 Å². The molecule has 19 heavy (non-hydrogen) atoms. The van der Waals surface area contributed by atoms with Crippen LogP contribution in [0, 0.1) is 11.3 Å². The van der Waals surface area contributed by atoms with Gasteiger partial charge in [-0.15, -0.1) is 24.0 Å². The first-order valence-electron chi connectivity index (χ1n) is 7.15. The molecule has 2 saturated carbocycles. The number of nitrogens with zero attached hydrogens (tertiary/aromatic N) is 1. The van der Waals surface area contributed by atoms with Gasteiger partial charge >= 0.3 is 0 Å². The van der Waals surface area contributed by atoms with Crippen LogP contribution in [0.5, 0.6) is 0 Å². The minimum atomic E-state index is 0. The Morgan fingerprint density at radius 2 is 2.11 bits per heavy atom. The third kappa shape index (κ3) is 4.77. The number of halogens is 1. The molecule has 2 rings (SSSR count). The highest BCUT2D eigenvalue weighted by Crippen LogP contribution is 2.43. The van der Waals surface area contributed by atoms with Gasteiger partial charge < -0.3 is 15.4 Å². The molecule has 2 fully saturated rings. The number of nitrogens with one attached hydrogen (secondary N) is 2. The number of methoxy groups -OCH3 is 1. The topological polar surface area (TPSA) is 45.7 Å². The van der Waals surface area contributed by atoms with E-state index in [9.17, 15) is 0 Å². The highest BCUT2D eigenvalue weighted by Gasteiger charge is 2.37. The standard InChI is InChI=1S/C14H27N3O.HI/c1-11-9-12(11)17-13(15-2)16-10-14(5-4-6-14)7-8-18-3;/h11-12H,4-10H2,1-3H3,(H2,15,16,17);1H. The monoisotopic (exact) mass is 381 g/mol. The van der Waals surface area contributed by atoms with Gasteiger partial charge in [0.2, 0.25) is 0 Å². The fraction of sp³-hybridized carbons (Fsp3) is 0.929. The maximum absolute atomic E-state index is 5.22. The average molecular weight is 381 g/mol. The fourth-order valence-electron chi connectivity index (χ4n) is 2.68. The van der Waals surface area contributed by atoms with Gasteiger partial charge in [0, 0.05) is 33.4 Å². The number of rotatable bonds is 6. The van der Waals surface area contributed by atoms with Crippen molar-refractivity contribution in [1.29, 1.82) is 0 Å². The molecule has 4 nitrogen and oxygen atoms in total. The van der Waals surface area contributed by atoms with Gasteiger partial charge in [0.05, 0.1) is 0 Å². The maximum Gasteiger partial charge on any atom is 0.191 e. The molecular formula is C14H28IN3O. The highest BCUT2D eigenvalue weighted by molar-refractivity contribution is 14.0. The lowest BCUT2D eigenvalue weighted by Crippen LogP contribution is -2.47. The van der Waals surface area contributed by atoms with Gasteiger partial charge in [-0.05, 0) is 37.0 Å². The molecule has 0 aliphatic heterocycles. The number of aliphatic imine (C=N–C) groups is 1. The second kappa shape index (κ2) is 7.67. The second-order valence-electron chi connectivity index (χ2n) is 5.99. The summed E-state index contributed by atoms with van der Waals surface area (Å²) in [4.78, 5) is 4.31. The van der Waals surface area contributed by atoms with Gasteiger partial charge in [-0.3, -0.25) is 4.99 Å². The van der Waals surface area contributed by atoms with E-state index < -0.39 is 0 Å². The van der Waals surface area contributed by atoms with Gasteiger partial charge in [0.1, 0.15) is 0 Å². The molecule has 2 aliphatic carbocycles. The van der Waals surface area contributed by atoms with Gasteiger partial charge in [0.25, 0.3) is 0 Å². The predicted octanol–water partition coefficient (Wildman–Crippen LogP) is 2.38. The Morgan fingerprint density at radius 1 is 1.42 bits per heavy atom. The van der Waals surface area contributed by atoms with Crippen LogP contribution >= 0.6 is 24.0 Å². The van der Waals surface area contributed by atoms with E-state index in [2.05, 4.69) is 22.5 Å². The van der Waals surface area contributed by atoms with E-state index in [1.165, 1.54) is 25.7 Å². The summed E-state index contributed by atoms with van der Waals surface area (Å²) in [5, 5.41) is 6.97. The Labute approximate surface area is 134 Å². The van der Waals surface area contributed by atoms with Crippen LogP contribution in [-0.4, -0.2) is 39.3 Å². The van der Waals surface area contributed by atoms with Crippen molar-refractivity contribution in [3.63, 3.8) is 0 Å². The zero-order valence-corrected chi connectivity index (χ0v) is 14.7. The van der Waals surface area contributed by atoms with Crippen molar-refractivity contribution in [2.45, 2.75) is 45.1 Å². The molecule has 0 radical (unpaired) electrons. The van der Waals surface area contributed by atoms with Gasteiger partial charge in [-0.25, -0.2) is 0 Å². The summed E-state index contributed by atoms with van der Waals surface area (Å²) >= 11 is 0. The van der Waals surface area contributed by atoms with Gasteiger partial charge in [0.15, 0.2) is 5.96 Å². The highest BCUT2D eigenvalue weighted by atomic mass is 127. The van der Waals surface area contributed by atoms with Crippen molar-refractivity contribution >= 4 is 29.9 Å². The number of hydrogen-bond donors (Lipinski definition) is 2. The molecule has 2 unspecified atom stereocenters. The van der Waals surface area contributed by atoms with E-state index >= 15 is 0 Å². The van der Waals surface area contributed by atoms with Crippen LogP contribution in [0.25, 0.3) is 0 Å². The summed E-state index contributed by atoms with van der Waals surface area (Å²) in [6.45, 7) is 4.17. The number of hydrogen-bond acceptors (Lipinski definition) is 2. The summed E-state index contributed by atoms with van der Waals surface area (Å²) in [7, 11) is 3.64. The largest absolute Gasteiger partial charge is 0.385 e. The van der Waals surface area contributed by atoms with E-state index in [4.69, 9.17) is 4.74 Å². The molecule has 2 N–H and O–H groups in total. The molecule has 112 valence electrons. The van der Waals surface area contributed by atoms with Crippen LogP contribution in [0.15, 0.2) is 4.99 Å². The normalized spacial score (nSPS) is 28.1. The average Bonchev–Trinajstić information content (AvgIpc) is 3.01. The smallest absolute Gasteiger partial charge is 0.191 e. The quantitative estimate of drug-likeness (QED) is 0.422. The lowest BCUT2D eigenvalue weighted by Gasteiger charge is -2.42. The van der Waals surface area contributed by atoms with E-state index in [0.29, 0.717) is 11.5 Å². The molecule has 2 aliphatic rings. The first kappa shape index (κ1) is 17.0. The molecule has 2 atom stereocenters. The summed E-state index contributed by atoms with van der Waals surface area (Å²) in [6, 6.07) is 0.632. The van der Waals surface area contributed by atoms with Crippen molar-refractivity contribution < 1.29 is 4.74 Å². The van der Waals surface area contributed by atoms with Gasteiger partial charge in [-0.2, -0.15) is 0 Å². The molecule has 0 saturated heterocycles. The van der Waals surface area contributed by atoms with Crippen LogP contribution in [0.2, 0.25) is 0 Å². The predicted molar refractivity (Wildman–Crippen MR) is 90.3 cm³/mol. The van der Waals surface area contributed by atoms with E-state index in [-0.39, 0.29) is 24.0 Å². The summed E-state index contributed by atoms with van der Waals surface area (Å²) in [6.07, 6.45) is 6.43. The van der Waals surface area contributed by atoms with Crippen molar-refractivity contribution in [3.8, 4) is 0 Å². The van der Waals surface area contributed by atoms with Crippen LogP contribution < -0.4 is 10.6 Å². The molecule has 0 heterocycles. The van der Waals surface area contributed by atoms with Crippen LogP contribution in [-0.2, 0) is 4.74 Å². The number of guanidine groups is 1. The number of ether oxygens (including phenoxy) is 1. The molecule has 0 aromatic carbocycles. The molecule has 0 spiro atoms. The Hall–Kier alpha value is -0.0400. The Kier molecular flexibility index (Phi) is 6.86. The van der Waals surface area contributed by atoms with Crippen LogP contribution in [0.4, 0.5) is 0 Å². The van der Waals surface area contributed by atoms with Crippen molar-refractivity contribution in [2.75, 3.05) is 27.3 Å². The van der Waals surface area contributed by atoms with Gasteiger partial charge in [-0.1, -0.05) is 13.3 Å². The first-order chi connectivity index (χ1) is 8.69. The Morgan fingerprint density at radius 3 is 2.53 bits per heavy atom. The molecule has 0 aromatic rings. The minimum Gasteiger partial charge on any atom is -0.385 e.